The lowest BCUT2D eigenvalue weighted by atomic mass is 10.1. The highest BCUT2D eigenvalue weighted by atomic mass is 19.3. The van der Waals surface area contributed by atoms with Crippen LogP contribution in [0.15, 0.2) is 36.9 Å². The maximum absolute atomic E-state index is 13.8. The molecule has 10 aliphatic heterocycles. The molecular weight excluding hydrogens is 1570 g/mol. The molecule has 0 aromatic carbocycles. The van der Waals surface area contributed by atoms with Gasteiger partial charge in [0.25, 0.3) is 25.7 Å². The second-order valence-corrected chi connectivity index (χ2v) is 29.9. The number of hydrogen-bond acceptors (Lipinski definition) is 37. The number of hydrogen-bond donors (Lipinski definition) is 4. The van der Waals surface area contributed by atoms with E-state index in [1.807, 2.05) is 45.3 Å². The Bertz CT molecular complexity index is 4560. The molecule has 10 aliphatic rings. The van der Waals surface area contributed by atoms with Gasteiger partial charge in [0.05, 0.1) is 146 Å². The maximum atomic E-state index is 13.8. The fraction of sp³-hybridized carbons (Fsp3) is 0.595. The Labute approximate surface area is 678 Å². The summed E-state index contributed by atoms with van der Waals surface area (Å²) in [5.74, 6) is 3.84. The van der Waals surface area contributed by atoms with Crippen LogP contribution >= 0.6 is 0 Å². The molecule has 37 nitrogen and oxygen atoms in total. The van der Waals surface area contributed by atoms with Crippen LogP contribution in [0.3, 0.4) is 0 Å². The van der Waals surface area contributed by atoms with Crippen molar-refractivity contribution in [1.82, 2.24) is 89.7 Å². The van der Waals surface area contributed by atoms with Crippen molar-refractivity contribution in [2.24, 2.45) is 0 Å². The third kappa shape index (κ3) is 19.3. The van der Waals surface area contributed by atoms with Crippen molar-refractivity contribution in [3.8, 4) is 45.6 Å². The lowest BCUT2D eigenvalue weighted by Crippen LogP contribution is -2.48. The highest BCUT2D eigenvalue weighted by molar-refractivity contribution is 5.68. The molecule has 638 valence electrons. The zero-order valence-corrected chi connectivity index (χ0v) is 65.8. The number of aromatic nitrogens is 18. The first kappa shape index (κ1) is 83.3. The molecule has 0 saturated carbocycles. The van der Waals surface area contributed by atoms with Crippen LogP contribution in [0.5, 0.6) is 0 Å². The molecule has 45 heteroatoms. The minimum absolute atomic E-state index is 0.0292. The van der Waals surface area contributed by atoms with E-state index in [0.29, 0.717) is 186 Å². The molecule has 18 rings (SSSR count). The van der Waals surface area contributed by atoms with E-state index in [1.54, 1.807) is 0 Å². The molecule has 4 unspecified atom stereocenters. The highest BCUT2D eigenvalue weighted by Crippen LogP contribution is 2.41. The number of morpholine rings is 7. The fourth-order valence-electron chi connectivity index (χ4n) is 15.7. The summed E-state index contributed by atoms with van der Waals surface area (Å²) in [6, 6.07) is 3.13. The van der Waals surface area contributed by atoms with Crippen molar-refractivity contribution in [3.63, 3.8) is 0 Å². The van der Waals surface area contributed by atoms with E-state index in [9.17, 15) is 35.1 Å². The van der Waals surface area contributed by atoms with Gasteiger partial charge in [0.15, 0.2) is 23.3 Å². The van der Waals surface area contributed by atoms with E-state index in [-0.39, 0.29) is 123 Å². The minimum Gasteiger partial charge on any atom is -0.384 e. The predicted molar refractivity (Wildman–Crippen MR) is 421 cm³/mol. The molecule has 8 aromatic heterocycles. The van der Waals surface area contributed by atoms with E-state index < -0.39 is 37.1 Å². The van der Waals surface area contributed by atoms with Crippen LogP contribution in [-0.4, -0.2) is 283 Å². The van der Waals surface area contributed by atoms with Crippen molar-refractivity contribution in [2.45, 2.75) is 134 Å². The van der Waals surface area contributed by atoms with Crippen molar-refractivity contribution >= 4 is 71.1 Å². The largest absolute Gasteiger partial charge is 0.384 e. The van der Waals surface area contributed by atoms with Gasteiger partial charge in [0, 0.05) is 106 Å². The molecule has 10 fully saturated rings. The monoisotopic (exact) mass is 1670 g/mol. The Morgan fingerprint density at radius 3 is 0.958 bits per heavy atom. The van der Waals surface area contributed by atoms with Crippen LogP contribution in [0.1, 0.15) is 114 Å². The second kappa shape index (κ2) is 37.7. The number of halogens is 8. The smallest absolute Gasteiger partial charge is 0.281 e. The van der Waals surface area contributed by atoms with Gasteiger partial charge in [-0.05, 0) is 77.8 Å². The molecule has 18 heterocycles. The number of nitrogens with zero attached hydrogens (tertiary/aromatic N) is 26. The molecule has 4 bridgehead atoms. The van der Waals surface area contributed by atoms with Crippen molar-refractivity contribution in [2.75, 3.05) is 214 Å². The van der Waals surface area contributed by atoms with E-state index in [0.717, 1.165) is 51.6 Å². The Morgan fingerprint density at radius 1 is 0.311 bits per heavy atom. The van der Waals surface area contributed by atoms with Gasteiger partial charge in [-0.15, -0.1) is 0 Å². The first-order chi connectivity index (χ1) is 57.7. The van der Waals surface area contributed by atoms with Crippen LogP contribution in [0.25, 0.3) is 45.6 Å². The Hall–Kier alpha value is -10.7. The molecule has 0 radical (unpaired) electrons. The van der Waals surface area contributed by atoms with Crippen molar-refractivity contribution in [1.29, 1.82) is 0 Å². The zero-order valence-electron chi connectivity index (χ0n) is 65.8. The lowest BCUT2D eigenvalue weighted by Gasteiger charge is -2.36. The molecule has 8 N–H and O–H groups in total. The third-order valence-corrected chi connectivity index (χ3v) is 21.9. The van der Waals surface area contributed by atoms with E-state index in [2.05, 4.69) is 94.4 Å². The summed E-state index contributed by atoms with van der Waals surface area (Å²) >= 11 is 0. The number of piperidine rings is 1. The van der Waals surface area contributed by atoms with Crippen LogP contribution < -0.4 is 62.1 Å². The minimum atomic E-state index is -2.84. The molecule has 7 atom stereocenters. The van der Waals surface area contributed by atoms with Crippen molar-refractivity contribution in [3.05, 3.63) is 59.4 Å². The maximum Gasteiger partial charge on any atom is 0.281 e. The number of alkyl halides is 8. The van der Waals surface area contributed by atoms with Gasteiger partial charge in [0.2, 0.25) is 59.5 Å². The SMILES string of the molecule is C[C@H]1COCCN1c1nc(-c2cnc(N)cc2C(F)F)nc(N2C3CCC2COC3)n1.C[C@H]1COCCN1c1nc(-c2cnc(N)nc2C(F)F)nc(N2C3CCC2COC3)n1.C[C@H]1COCCN1c1nc(-c2cnc(N)nc2C(F)F)nc(N2CCOCC2)n1.Nc1cc(C(F)F)c(-c2nc(N3CCCCC3)nc(N3CCOCC3)n2)cn1. The van der Waals surface area contributed by atoms with E-state index >= 15 is 0 Å². The van der Waals surface area contributed by atoms with Crippen LogP contribution in [0, 0.1) is 0 Å². The summed E-state index contributed by atoms with van der Waals surface area (Å²) in [6.45, 7) is 19.8. The molecule has 0 spiro atoms. The van der Waals surface area contributed by atoms with Gasteiger partial charge in [-0.1, -0.05) is 0 Å². The topological polar surface area (TPSA) is 427 Å². The highest BCUT2D eigenvalue weighted by Gasteiger charge is 2.43. The number of pyridine rings is 2. The molecule has 0 aliphatic carbocycles. The van der Waals surface area contributed by atoms with Crippen LogP contribution in [0.2, 0.25) is 0 Å². The fourth-order valence-corrected chi connectivity index (χ4v) is 15.7. The summed E-state index contributed by atoms with van der Waals surface area (Å²) < 4.78 is 148. The molecule has 0 amide bonds. The molecule has 119 heavy (non-hydrogen) atoms. The summed E-state index contributed by atoms with van der Waals surface area (Å²) in [4.78, 5) is 94.7. The van der Waals surface area contributed by atoms with Gasteiger partial charge in [-0.3, -0.25) is 0 Å². The number of nitrogen functional groups attached to an aromatic ring is 4. The number of ether oxygens (including phenoxy) is 7. The average molecular weight is 1670 g/mol. The zero-order chi connectivity index (χ0) is 83.0. The van der Waals surface area contributed by atoms with Gasteiger partial charge in [-0.2, -0.15) is 59.8 Å². The van der Waals surface area contributed by atoms with E-state index in [1.165, 1.54) is 43.3 Å². The summed E-state index contributed by atoms with van der Waals surface area (Å²) in [5.41, 5.74) is 21.3. The molecule has 10 saturated heterocycles. The molecule has 8 aromatic rings. The number of fused-ring (bicyclic) bond motifs is 4. The predicted octanol–water partition coefficient (Wildman–Crippen LogP) is 6.68. The summed E-state index contributed by atoms with van der Waals surface area (Å²) in [6.07, 6.45) is 1.19. The Balaban J connectivity index is 0.000000124. The average Bonchev–Trinajstić information content (AvgIpc) is 1.56. The van der Waals surface area contributed by atoms with Gasteiger partial charge < -0.3 is 95.3 Å². The second-order valence-electron chi connectivity index (χ2n) is 29.9. The van der Waals surface area contributed by atoms with Gasteiger partial charge in [0.1, 0.15) is 23.0 Å². The lowest BCUT2D eigenvalue weighted by molar-refractivity contribution is 0.0895. The Morgan fingerprint density at radius 2 is 0.613 bits per heavy atom. The van der Waals surface area contributed by atoms with Crippen molar-refractivity contribution < 1.29 is 68.3 Å². The number of nitrogens with two attached hydrogens (primary N) is 4. The summed E-state index contributed by atoms with van der Waals surface area (Å²) in [5, 5.41) is 0. The van der Waals surface area contributed by atoms with E-state index in [4.69, 9.17) is 66.1 Å². The van der Waals surface area contributed by atoms with Crippen LogP contribution in [0.4, 0.5) is 106 Å². The quantitative estimate of drug-likeness (QED) is 0.0733. The number of anilines is 12. The first-order valence-electron chi connectivity index (χ1n) is 39.8. The normalized spacial score (nSPS) is 22.7. The molecular formula is C74H94F8N30O7. The Kier molecular flexibility index (Phi) is 26.4. The summed E-state index contributed by atoms with van der Waals surface area (Å²) in [7, 11) is 0. The third-order valence-electron chi connectivity index (χ3n) is 21.9. The number of rotatable bonds is 16. The van der Waals surface area contributed by atoms with Crippen LogP contribution in [-0.2, 0) is 33.2 Å². The van der Waals surface area contributed by atoms with Gasteiger partial charge >= 0.3 is 0 Å². The first-order valence-corrected chi connectivity index (χ1v) is 39.8. The van der Waals surface area contributed by atoms with Gasteiger partial charge in [-0.25, -0.2) is 65.0 Å². The standard InChI is InChI=1S/C20H25F2N7O2.C19H24F2N8O2.C18H23F2N7O.C17H22F2N8O2/c1-11-8-30-5-4-28(11)19-25-18(15-7-24-16(23)6-14(15)17(21)22)26-20(27-19)29-12-2-3-13(29)10-31-9-12;1-10-7-30-5-4-28(10)18-25-16(13-6-23-17(22)24-14(13)15(20)21)26-19(27-18)29-11-2-3-12(29)9-31-8-11;19-15(20)12-10-14(21)22-11-13(12)16-23-17(26-4-2-1-3-5-26)25-18(24-16)27-6-8-28-9-7-27;1-10-9-29-7-4-27(10)17-24-14(11-8-21-15(20)22-12(11)13(18)19)23-16(25-17)26-2-5-28-6-3-26/h6-7,11-13,17H,2-5,8-10H2,1H3,(H2,23,24);6,10-12,15H,2-5,7-9H2,1H3,(H2,22,23,24);10-11,15H,1-9H2,(H2,21,22);8,10,13H,2-7,9H2,1H3,(H2,20,21,22)/t11-,12?,13?;10-,11?,12?;;10-/m00.0/s1.